The molecule has 0 spiro atoms. The highest BCUT2D eigenvalue weighted by Gasteiger charge is 2.30. The van der Waals surface area contributed by atoms with E-state index in [0.29, 0.717) is 30.4 Å². The van der Waals surface area contributed by atoms with Gasteiger partial charge in [-0.25, -0.2) is 8.42 Å². The van der Waals surface area contributed by atoms with Crippen molar-refractivity contribution >= 4 is 27.7 Å². The second kappa shape index (κ2) is 10.4. The SMILES string of the molecule is Cc1nnc(SCC(=O)N2CCN(S(=O)(=O)c3ccc(C#N)cc3)CC2)n1Cc1ccccc1. The monoisotopic (exact) mass is 496 g/mol. The fourth-order valence-electron chi connectivity index (χ4n) is 3.66. The smallest absolute Gasteiger partial charge is 0.243 e. The molecule has 0 bridgehead atoms. The summed E-state index contributed by atoms with van der Waals surface area (Å²) in [4.78, 5) is 14.6. The minimum absolute atomic E-state index is 0.0627. The molecule has 0 radical (unpaired) electrons. The molecule has 1 saturated heterocycles. The van der Waals surface area contributed by atoms with Crippen LogP contribution in [-0.4, -0.2) is 70.2 Å². The summed E-state index contributed by atoms with van der Waals surface area (Å²) < 4.78 is 29.1. The van der Waals surface area contributed by atoms with Crippen LogP contribution in [0.3, 0.4) is 0 Å². The normalized spacial score (nSPS) is 14.6. The highest BCUT2D eigenvalue weighted by Crippen LogP contribution is 2.21. The van der Waals surface area contributed by atoms with E-state index in [4.69, 9.17) is 5.26 Å². The van der Waals surface area contributed by atoms with Crippen molar-refractivity contribution in [2.24, 2.45) is 0 Å². The number of benzene rings is 2. The molecule has 3 aromatic rings. The van der Waals surface area contributed by atoms with E-state index in [1.165, 1.54) is 40.3 Å². The molecule has 1 aromatic heterocycles. The number of thioether (sulfide) groups is 1. The predicted octanol–water partition coefficient (Wildman–Crippen LogP) is 2.13. The summed E-state index contributed by atoms with van der Waals surface area (Å²) in [5, 5.41) is 18.0. The van der Waals surface area contributed by atoms with Crippen molar-refractivity contribution in [2.75, 3.05) is 31.9 Å². The van der Waals surface area contributed by atoms with Crippen LogP contribution in [-0.2, 0) is 21.4 Å². The number of nitrogens with zero attached hydrogens (tertiary/aromatic N) is 6. The number of aryl methyl sites for hydroxylation is 1. The number of carbonyl (C=O) groups excluding carboxylic acids is 1. The molecule has 1 amide bonds. The molecular weight excluding hydrogens is 472 g/mol. The zero-order valence-electron chi connectivity index (χ0n) is 18.7. The second-order valence-corrected chi connectivity index (χ2v) is 10.7. The molecule has 0 unspecified atom stereocenters. The van der Waals surface area contributed by atoms with E-state index in [1.807, 2.05) is 47.9 Å². The fourth-order valence-corrected chi connectivity index (χ4v) is 5.97. The summed E-state index contributed by atoms with van der Waals surface area (Å²) in [6.07, 6.45) is 0. The van der Waals surface area contributed by atoms with Crippen LogP contribution in [0.5, 0.6) is 0 Å². The summed E-state index contributed by atoms with van der Waals surface area (Å²) in [5.74, 6) is 0.919. The Hall–Kier alpha value is -3.20. The van der Waals surface area contributed by atoms with Crippen LogP contribution in [0, 0.1) is 18.3 Å². The summed E-state index contributed by atoms with van der Waals surface area (Å²) in [6.45, 7) is 3.61. The first-order valence-electron chi connectivity index (χ1n) is 10.7. The van der Waals surface area contributed by atoms with E-state index in [-0.39, 0.29) is 29.6 Å². The van der Waals surface area contributed by atoms with E-state index in [1.54, 1.807) is 4.90 Å². The molecular formula is C23H24N6O3S2. The van der Waals surface area contributed by atoms with Crippen LogP contribution in [0.1, 0.15) is 17.0 Å². The largest absolute Gasteiger partial charge is 0.339 e. The number of carbonyl (C=O) groups is 1. The molecule has 176 valence electrons. The average molecular weight is 497 g/mol. The Bertz CT molecular complexity index is 1290. The maximum absolute atomic E-state index is 12.9. The van der Waals surface area contributed by atoms with E-state index in [2.05, 4.69) is 10.2 Å². The first-order chi connectivity index (χ1) is 16.4. The average Bonchev–Trinajstić information content (AvgIpc) is 3.22. The lowest BCUT2D eigenvalue weighted by molar-refractivity contribution is -0.129. The number of sulfonamides is 1. The molecule has 11 heteroatoms. The molecule has 2 aromatic carbocycles. The maximum Gasteiger partial charge on any atom is 0.243 e. The third kappa shape index (κ3) is 5.30. The summed E-state index contributed by atoms with van der Waals surface area (Å²) in [7, 11) is -3.66. The third-order valence-electron chi connectivity index (χ3n) is 5.62. The van der Waals surface area contributed by atoms with Gasteiger partial charge in [-0.1, -0.05) is 42.1 Å². The van der Waals surface area contributed by atoms with Crippen LogP contribution in [0.4, 0.5) is 0 Å². The van der Waals surface area contributed by atoms with Gasteiger partial charge in [0.25, 0.3) is 0 Å². The van der Waals surface area contributed by atoms with Gasteiger partial charge in [-0.15, -0.1) is 10.2 Å². The molecule has 0 N–H and O–H groups in total. The number of piperazine rings is 1. The Morgan fingerprint density at radius 3 is 2.35 bits per heavy atom. The van der Waals surface area contributed by atoms with Crippen molar-refractivity contribution in [3.8, 4) is 6.07 Å². The highest BCUT2D eigenvalue weighted by molar-refractivity contribution is 7.99. The molecule has 1 aliphatic heterocycles. The van der Waals surface area contributed by atoms with Gasteiger partial charge in [-0.3, -0.25) is 4.79 Å². The van der Waals surface area contributed by atoms with Crippen LogP contribution in [0.2, 0.25) is 0 Å². The van der Waals surface area contributed by atoms with Gasteiger partial charge >= 0.3 is 0 Å². The minimum atomic E-state index is -3.66. The first kappa shape index (κ1) is 23.9. The first-order valence-corrected chi connectivity index (χ1v) is 13.2. The van der Waals surface area contributed by atoms with Gasteiger partial charge in [0.2, 0.25) is 15.9 Å². The second-order valence-electron chi connectivity index (χ2n) is 7.81. The van der Waals surface area contributed by atoms with Crippen molar-refractivity contribution in [3.05, 3.63) is 71.5 Å². The van der Waals surface area contributed by atoms with E-state index in [9.17, 15) is 13.2 Å². The Morgan fingerprint density at radius 2 is 1.71 bits per heavy atom. The Morgan fingerprint density at radius 1 is 1.03 bits per heavy atom. The third-order valence-corrected chi connectivity index (χ3v) is 8.49. The maximum atomic E-state index is 12.9. The van der Waals surface area contributed by atoms with Crippen molar-refractivity contribution in [3.63, 3.8) is 0 Å². The topological polar surface area (TPSA) is 112 Å². The Labute approximate surface area is 203 Å². The summed E-state index contributed by atoms with van der Waals surface area (Å²) >= 11 is 1.34. The zero-order chi connectivity index (χ0) is 24.1. The number of nitriles is 1. The van der Waals surface area contributed by atoms with Crippen LogP contribution in [0.25, 0.3) is 0 Å². The Kier molecular flexibility index (Phi) is 7.31. The number of amides is 1. The standard InChI is InChI=1S/C23H24N6O3S2/c1-18-25-26-23(29(18)16-20-5-3-2-4-6-20)33-17-22(30)27-11-13-28(14-12-27)34(31,32)21-9-7-19(15-24)8-10-21/h2-10H,11-14,16-17H2,1H3. The predicted molar refractivity (Wildman–Crippen MR) is 128 cm³/mol. The Balaban J connectivity index is 1.33. The number of aromatic nitrogens is 3. The summed E-state index contributed by atoms with van der Waals surface area (Å²) in [5.41, 5.74) is 1.53. The van der Waals surface area contributed by atoms with Crippen LogP contribution >= 0.6 is 11.8 Å². The van der Waals surface area contributed by atoms with Crippen molar-refractivity contribution in [1.29, 1.82) is 5.26 Å². The minimum Gasteiger partial charge on any atom is -0.339 e. The van der Waals surface area contributed by atoms with Crippen molar-refractivity contribution in [2.45, 2.75) is 23.5 Å². The molecule has 1 fully saturated rings. The highest BCUT2D eigenvalue weighted by atomic mass is 32.2. The molecule has 4 rings (SSSR count). The van der Waals surface area contributed by atoms with Gasteiger partial charge in [0.15, 0.2) is 5.16 Å². The van der Waals surface area contributed by atoms with Gasteiger partial charge in [0.1, 0.15) is 5.82 Å². The molecule has 2 heterocycles. The molecule has 0 saturated carbocycles. The molecule has 9 nitrogen and oxygen atoms in total. The molecule has 34 heavy (non-hydrogen) atoms. The van der Waals surface area contributed by atoms with Crippen molar-refractivity contribution in [1.82, 2.24) is 24.0 Å². The van der Waals surface area contributed by atoms with Gasteiger partial charge in [-0.2, -0.15) is 9.57 Å². The quantitative estimate of drug-likeness (QED) is 0.461. The van der Waals surface area contributed by atoms with E-state index in [0.717, 1.165) is 11.4 Å². The van der Waals surface area contributed by atoms with E-state index < -0.39 is 10.0 Å². The molecule has 1 aliphatic rings. The van der Waals surface area contributed by atoms with Gasteiger partial charge < -0.3 is 9.47 Å². The summed E-state index contributed by atoms with van der Waals surface area (Å²) in [6, 6.07) is 17.8. The number of hydrogen-bond donors (Lipinski definition) is 0. The van der Waals surface area contributed by atoms with E-state index >= 15 is 0 Å². The van der Waals surface area contributed by atoms with Crippen LogP contribution in [0.15, 0.2) is 64.6 Å². The lowest BCUT2D eigenvalue weighted by Gasteiger charge is -2.34. The van der Waals surface area contributed by atoms with Crippen molar-refractivity contribution < 1.29 is 13.2 Å². The number of rotatable bonds is 7. The lowest BCUT2D eigenvalue weighted by Crippen LogP contribution is -2.50. The van der Waals surface area contributed by atoms with Crippen LogP contribution < -0.4 is 0 Å². The molecule has 0 atom stereocenters. The van der Waals surface area contributed by atoms with Gasteiger partial charge in [0, 0.05) is 26.2 Å². The zero-order valence-corrected chi connectivity index (χ0v) is 20.3. The fraction of sp³-hybridized carbons (Fsp3) is 0.304. The lowest BCUT2D eigenvalue weighted by atomic mass is 10.2. The number of hydrogen-bond acceptors (Lipinski definition) is 7. The van der Waals surface area contributed by atoms with Gasteiger partial charge in [0.05, 0.1) is 28.8 Å². The van der Waals surface area contributed by atoms with Gasteiger partial charge in [-0.05, 0) is 36.8 Å². The molecule has 0 aliphatic carbocycles.